The molecule has 0 bridgehead atoms. The van der Waals surface area contributed by atoms with Gasteiger partial charge in [-0.15, -0.1) is 11.8 Å². The molecule has 0 aliphatic carbocycles. The first-order valence-corrected chi connectivity index (χ1v) is 6.23. The predicted octanol–water partition coefficient (Wildman–Crippen LogP) is 2.68. The van der Waals surface area contributed by atoms with Crippen molar-refractivity contribution in [2.75, 3.05) is 18.1 Å². The van der Waals surface area contributed by atoms with Gasteiger partial charge in [0.2, 0.25) is 0 Å². The highest BCUT2D eigenvalue weighted by Crippen LogP contribution is 2.32. The second-order valence-electron chi connectivity index (χ2n) is 3.50. The molecule has 3 N–H and O–H groups in total. The lowest BCUT2D eigenvalue weighted by Gasteiger charge is -2.15. The fourth-order valence-corrected chi connectivity index (χ4v) is 2.12. The summed E-state index contributed by atoms with van der Waals surface area (Å²) in [5, 5.41) is 8.89. The Balaban J connectivity index is 2.69. The third-order valence-corrected chi connectivity index (χ3v) is 3.22. The first-order chi connectivity index (χ1) is 8.34. The molecular weight excluding hydrogens is 267 g/mol. The summed E-state index contributed by atoms with van der Waals surface area (Å²) in [4.78, 5) is 0.462. The van der Waals surface area contributed by atoms with Crippen molar-refractivity contribution in [3.05, 3.63) is 18.2 Å². The minimum absolute atomic E-state index is 0.359. The number of rotatable bonds is 5. The molecule has 3 nitrogen and oxygen atoms in total. The van der Waals surface area contributed by atoms with Crippen LogP contribution in [0.1, 0.15) is 6.92 Å². The molecule has 0 aliphatic heterocycles. The minimum atomic E-state index is -4.61. The van der Waals surface area contributed by atoms with Crippen LogP contribution < -0.4 is 10.5 Å². The molecule has 0 heterocycles. The zero-order valence-electron chi connectivity index (χ0n) is 9.70. The number of anilines is 1. The van der Waals surface area contributed by atoms with Crippen LogP contribution in [0.5, 0.6) is 5.75 Å². The number of benzene rings is 1. The van der Waals surface area contributed by atoms with E-state index in [0.717, 1.165) is 11.8 Å². The van der Waals surface area contributed by atoms with Crippen LogP contribution in [-0.2, 0) is 0 Å². The van der Waals surface area contributed by atoms with Gasteiger partial charge < -0.3 is 15.6 Å². The van der Waals surface area contributed by atoms with Crippen LogP contribution in [-0.4, -0.2) is 29.7 Å². The molecule has 7 heteroatoms. The van der Waals surface area contributed by atoms with E-state index in [9.17, 15) is 13.2 Å². The van der Waals surface area contributed by atoms with Crippen molar-refractivity contribution in [1.82, 2.24) is 0 Å². The molecular formula is C11H14F3NO2S. The maximum atomic E-state index is 12.1. The predicted molar refractivity (Wildman–Crippen MR) is 64.8 cm³/mol. The van der Waals surface area contributed by atoms with E-state index in [2.05, 4.69) is 0 Å². The van der Waals surface area contributed by atoms with Gasteiger partial charge in [0.15, 0.2) is 6.10 Å². The van der Waals surface area contributed by atoms with Crippen molar-refractivity contribution in [2.45, 2.75) is 24.1 Å². The molecule has 1 aromatic carbocycles. The van der Waals surface area contributed by atoms with Gasteiger partial charge >= 0.3 is 6.18 Å². The summed E-state index contributed by atoms with van der Waals surface area (Å²) in [6, 6.07) is 4.77. The smallest absolute Gasteiger partial charge is 0.415 e. The Morgan fingerprint density at radius 3 is 2.67 bits per heavy atom. The maximum Gasteiger partial charge on any atom is 0.415 e. The number of hydrogen-bond donors (Lipinski definition) is 2. The highest BCUT2D eigenvalue weighted by Gasteiger charge is 2.38. The van der Waals surface area contributed by atoms with Gasteiger partial charge in [0.05, 0.1) is 6.61 Å². The van der Waals surface area contributed by atoms with E-state index in [1.54, 1.807) is 25.1 Å². The molecule has 0 saturated heterocycles. The molecule has 1 aromatic rings. The quantitative estimate of drug-likeness (QED) is 0.643. The Labute approximate surface area is 107 Å². The topological polar surface area (TPSA) is 55.5 Å². The van der Waals surface area contributed by atoms with Crippen molar-refractivity contribution in [1.29, 1.82) is 0 Å². The van der Waals surface area contributed by atoms with E-state index < -0.39 is 18.0 Å². The van der Waals surface area contributed by atoms with Crippen molar-refractivity contribution in [3.63, 3.8) is 0 Å². The fraction of sp³-hybridized carbons (Fsp3) is 0.455. The summed E-state index contributed by atoms with van der Waals surface area (Å²) in [7, 11) is 0. The van der Waals surface area contributed by atoms with Gasteiger partial charge in [-0.25, -0.2) is 0 Å². The van der Waals surface area contributed by atoms with Gasteiger partial charge in [-0.2, -0.15) is 13.2 Å². The number of alkyl halides is 3. The van der Waals surface area contributed by atoms with Crippen LogP contribution in [0.3, 0.4) is 0 Å². The second-order valence-corrected chi connectivity index (χ2v) is 4.56. The molecule has 0 spiro atoms. The lowest BCUT2D eigenvalue weighted by atomic mass is 10.3. The molecule has 0 aliphatic rings. The van der Waals surface area contributed by atoms with Crippen LogP contribution >= 0.6 is 11.8 Å². The number of halogens is 3. The molecule has 0 fully saturated rings. The third kappa shape index (κ3) is 4.30. The normalized spacial score (nSPS) is 13.4. The first kappa shape index (κ1) is 15.0. The third-order valence-electron chi connectivity index (χ3n) is 2.07. The summed E-state index contributed by atoms with van der Waals surface area (Å²) in [6.07, 6.45) is -6.98. The number of thioether (sulfide) groups is 1. The Bertz CT molecular complexity index is 398. The van der Waals surface area contributed by atoms with Gasteiger partial charge in [-0.3, -0.25) is 0 Å². The molecule has 0 saturated carbocycles. The number of aliphatic hydroxyl groups excluding tert-OH is 1. The fourth-order valence-electron chi connectivity index (χ4n) is 1.16. The number of ether oxygens (including phenoxy) is 1. The monoisotopic (exact) mass is 281 g/mol. The van der Waals surface area contributed by atoms with E-state index in [0.29, 0.717) is 22.9 Å². The van der Waals surface area contributed by atoms with Crippen molar-refractivity contribution >= 4 is 17.4 Å². The molecule has 1 unspecified atom stereocenters. The minimum Gasteiger partial charge on any atom is -0.494 e. The van der Waals surface area contributed by atoms with Gasteiger partial charge in [0.25, 0.3) is 0 Å². The van der Waals surface area contributed by atoms with Gasteiger partial charge in [0.1, 0.15) is 5.75 Å². The zero-order valence-corrected chi connectivity index (χ0v) is 10.5. The van der Waals surface area contributed by atoms with E-state index >= 15 is 0 Å². The number of hydrogen-bond acceptors (Lipinski definition) is 4. The summed E-state index contributed by atoms with van der Waals surface area (Å²) in [5.74, 6) is 0.0409. The van der Waals surface area contributed by atoms with E-state index in [-0.39, 0.29) is 0 Å². The van der Waals surface area contributed by atoms with Crippen LogP contribution in [0.15, 0.2) is 23.1 Å². The van der Waals surface area contributed by atoms with Crippen LogP contribution in [0.25, 0.3) is 0 Å². The zero-order chi connectivity index (χ0) is 13.8. The number of aliphatic hydroxyl groups is 1. The standard InChI is InChI=1S/C11H14F3NO2S/c1-2-17-7-3-4-8(15)9(5-7)18-6-10(16)11(12,13)14/h3-5,10,16H,2,6,15H2,1H3. The molecule has 1 atom stereocenters. The summed E-state index contributed by atoms with van der Waals surface area (Å²) in [5.41, 5.74) is 6.00. The van der Waals surface area contributed by atoms with Crippen LogP contribution in [0, 0.1) is 0 Å². The lowest BCUT2D eigenvalue weighted by molar-refractivity contribution is -0.195. The van der Waals surface area contributed by atoms with Crippen LogP contribution in [0.2, 0.25) is 0 Å². The Morgan fingerprint density at radius 2 is 2.11 bits per heavy atom. The van der Waals surface area contributed by atoms with E-state index in [1.807, 2.05) is 0 Å². The average Bonchev–Trinajstić information content (AvgIpc) is 2.28. The van der Waals surface area contributed by atoms with Crippen molar-refractivity contribution < 1.29 is 23.0 Å². The van der Waals surface area contributed by atoms with Crippen molar-refractivity contribution in [3.8, 4) is 5.75 Å². The Kier molecular flexibility index (Phi) is 5.15. The van der Waals surface area contributed by atoms with Crippen molar-refractivity contribution in [2.24, 2.45) is 0 Å². The molecule has 0 radical (unpaired) electrons. The summed E-state index contributed by atoms with van der Waals surface area (Å²) in [6.45, 7) is 2.26. The largest absolute Gasteiger partial charge is 0.494 e. The molecule has 102 valence electrons. The lowest BCUT2D eigenvalue weighted by Crippen LogP contribution is -2.30. The first-order valence-electron chi connectivity index (χ1n) is 5.24. The molecule has 0 amide bonds. The van der Waals surface area contributed by atoms with Gasteiger partial charge in [-0.05, 0) is 25.1 Å². The second kappa shape index (κ2) is 6.19. The van der Waals surface area contributed by atoms with Gasteiger partial charge in [-0.1, -0.05) is 0 Å². The van der Waals surface area contributed by atoms with E-state index in [1.165, 1.54) is 0 Å². The molecule has 0 aromatic heterocycles. The number of nitrogens with two attached hydrogens (primary N) is 1. The average molecular weight is 281 g/mol. The highest BCUT2D eigenvalue weighted by molar-refractivity contribution is 7.99. The molecule has 1 rings (SSSR count). The maximum absolute atomic E-state index is 12.1. The summed E-state index contributed by atoms with van der Waals surface area (Å²) < 4.78 is 41.6. The SMILES string of the molecule is CCOc1ccc(N)c(SCC(O)C(F)(F)F)c1. The molecule has 18 heavy (non-hydrogen) atoms. The highest BCUT2D eigenvalue weighted by atomic mass is 32.2. The van der Waals surface area contributed by atoms with Crippen LogP contribution in [0.4, 0.5) is 18.9 Å². The number of nitrogen functional groups attached to an aromatic ring is 1. The summed E-state index contributed by atoms with van der Waals surface area (Å²) >= 11 is 0.847. The van der Waals surface area contributed by atoms with Gasteiger partial charge in [0, 0.05) is 16.3 Å². The Hall–Kier alpha value is -1.08. The van der Waals surface area contributed by atoms with E-state index in [4.69, 9.17) is 15.6 Å². The Morgan fingerprint density at radius 1 is 1.44 bits per heavy atom.